The number of benzene rings is 2. The van der Waals surface area contributed by atoms with E-state index in [1.54, 1.807) is 10.6 Å². The summed E-state index contributed by atoms with van der Waals surface area (Å²) in [6.07, 6.45) is 3.09. The molecule has 4 aromatic rings. The van der Waals surface area contributed by atoms with Crippen molar-refractivity contribution in [2.75, 3.05) is 0 Å². The predicted molar refractivity (Wildman–Crippen MR) is 127 cm³/mol. The van der Waals surface area contributed by atoms with Gasteiger partial charge in [0.2, 0.25) is 5.91 Å². The highest BCUT2D eigenvalue weighted by atomic mass is 35.5. The van der Waals surface area contributed by atoms with Crippen LogP contribution in [0.2, 0.25) is 10.0 Å². The van der Waals surface area contributed by atoms with Crippen LogP contribution in [0.4, 0.5) is 0 Å². The van der Waals surface area contributed by atoms with Gasteiger partial charge in [-0.05, 0) is 29.7 Å². The Kier molecular flexibility index (Phi) is 5.22. The van der Waals surface area contributed by atoms with Crippen LogP contribution < -0.4 is 10.9 Å². The zero-order valence-corrected chi connectivity index (χ0v) is 19.2. The summed E-state index contributed by atoms with van der Waals surface area (Å²) < 4.78 is 1.56. The number of carbonyl (C=O) groups excluding carboxylic acids is 1. The van der Waals surface area contributed by atoms with Crippen molar-refractivity contribution in [1.82, 2.24) is 19.9 Å². The maximum absolute atomic E-state index is 13.7. The summed E-state index contributed by atoms with van der Waals surface area (Å²) in [5, 5.41) is 5.13. The molecule has 0 aliphatic carbocycles. The third-order valence-electron chi connectivity index (χ3n) is 6.46. The number of nitrogens with zero attached hydrogens (tertiary/aromatic N) is 2. The Morgan fingerprint density at radius 2 is 1.88 bits per heavy atom. The largest absolute Gasteiger partial charge is 0.361 e. The van der Waals surface area contributed by atoms with Crippen LogP contribution in [0.5, 0.6) is 0 Å². The van der Waals surface area contributed by atoms with Gasteiger partial charge in [0.15, 0.2) is 0 Å². The van der Waals surface area contributed by atoms with Gasteiger partial charge in [0.25, 0.3) is 5.56 Å². The number of para-hydroxylation sites is 1. The molecule has 32 heavy (non-hydrogen) atoms. The Morgan fingerprint density at radius 3 is 2.66 bits per heavy atom. The average molecular weight is 469 g/mol. The summed E-state index contributed by atoms with van der Waals surface area (Å²) in [5.74, 6) is 0.474. The maximum Gasteiger partial charge on any atom is 0.262 e. The third kappa shape index (κ3) is 3.29. The second-order valence-electron chi connectivity index (χ2n) is 8.38. The predicted octanol–water partition coefficient (Wildman–Crippen LogP) is 5.19. The number of amides is 1. The van der Waals surface area contributed by atoms with Gasteiger partial charge in [-0.15, -0.1) is 0 Å². The van der Waals surface area contributed by atoms with Crippen LogP contribution in [-0.4, -0.2) is 20.4 Å². The second-order valence-corrected chi connectivity index (χ2v) is 9.19. The van der Waals surface area contributed by atoms with Crippen molar-refractivity contribution in [1.29, 1.82) is 0 Å². The molecule has 1 amide bonds. The molecule has 0 saturated heterocycles. The molecule has 2 N–H and O–H groups in total. The maximum atomic E-state index is 13.7. The highest BCUT2D eigenvalue weighted by molar-refractivity contribution is 6.42. The molecule has 0 bridgehead atoms. The van der Waals surface area contributed by atoms with Crippen LogP contribution in [0, 0.1) is 5.92 Å². The van der Waals surface area contributed by atoms with Crippen molar-refractivity contribution in [2.24, 2.45) is 5.92 Å². The molecule has 0 unspecified atom stereocenters. The van der Waals surface area contributed by atoms with Crippen molar-refractivity contribution < 1.29 is 4.79 Å². The third-order valence-corrected chi connectivity index (χ3v) is 7.18. The van der Waals surface area contributed by atoms with E-state index in [1.807, 2.05) is 37.4 Å². The minimum Gasteiger partial charge on any atom is -0.361 e. The van der Waals surface area contributed by atoms with Gasteiger partial charge in [0, 0.05) is 23.5 Å². The summed E-state index contributed by atoms with van der Waals surface area (Å²) >= 11 is 12.4. The van der Waals surface area contributed by atoms with Crippen molar-refractivity contribution in [3.63, 3.8) is 0 Å². The second kappa shape index (κ2) is 7.94. The number of hydrogen-bond donors (Lipinski definition) is 2. The van der Waals surface area contributed by atoms with Crippen LogP contribution in [0.3, 0.4) is 0 Å². The summed E-state index contributed by atoms with van der Waals surface area (Å²) in [5.41, 5.74) is 2.15. The lowest BCUT2D eigenvalue weighted by Crippen LogP contribution is -2.50. The molecule has 164 valence electrons. The molecule has 2 aromatic carbocycles. The molecule has 0 radical (unpaired) electrons. The van der Waals surface area contributed by atoms with Crippen molar-refractivity contribution in [3.8, 4) is 0 Å². The molecule has 3 atom stereocenters. The van der Waals surface area contributed by atoms with E-state index in [1.165, 1.54) is 6.07 Å². The van der Waals surface area contributed by atoms with Gasteiger partial charge in [-0.2, -0.15) is 0 Å². The van der Waals surface area contributed by atoms with Crippen molar-refractivity contribution >= 4 is 50.9 Å². The van der Waals surface area contributed by atoms with E-state index >= 15 is 0 Å². The zero-order valence-electron chi connectivity index (χ0n) is 17.7. The lowest BCUT2D eigenvalue weighted by molar-refractivity contribution is -0.127. The normalized spacial score (nSPS) is 19.2. The fourth-order valence-electron chi connectivity index (χ4n) is 4.49. The summed E-state index contributed by atoms with van der Waals surface area (Å²) in [7, 11) is 0. The highest BCUT2D eigenvalue weighted by Gasteiger charge is 2.38. The number of fused-ring (bicyclic) bond motifs is 3. The first kappa shape index (κ1) is 21.0. The molecular weight excluding hydrogens is 447 g/mol. The van der Waals surface area contributed by atoms with E-state index in [0.29, 0.717) is 28.2 Å². The van der Waals surface area contributed by atoms with Gasteiger partial charge in [0.05, 0.1) is 27.0 Å². The minimum absolute atomic E-state index is 0.103. The van der Waals surface area contributed by atoms with Crippen LogP contribution in [0.25, 0.3) is 21.8 Å². The van der Waals surface area contributed by atoms with Gasteiger partial charge in [-0.3, -0.25) is 14.2 Å². The smallest absolute Gasteiger partial charge is 0.262 e. The molecule has 3 heterocycles. The standard InChI is InChI=1S/C24H22Cl2N4O2/c1-3-12(2)21-22-28-19-10-17(26)16(25)9-15(19)24(32)30(22)20(23(31)29-21)8-13-11-27-18-7-5-4-6-14(13)18/h4-7,9-12,20-21,27H,3,8H2,1-2H3,(H,29,31)/t12-,20+,21-/m0/s1. The first-order valence-electron chi connectivity index (χ1n) is 10.7. The first-order valence-corrected chi connectivity index (χ1v) is 11.4. The first-order chi connectivity index (χ1) is 15.4. The molecule has 5 rings (SSSR count). The van der Waals surface area contributed by atoms with Crippen LogP contribution in [-0.2, 0) is 11.2 Å². The number of carbonyl (C=O) groups is 1. The van der Waals surface area contributed by atoms with E-state index < -0.39 is 6.04 Å². The Morgan fingerprint density at radius 1 is 1.12 bits per heavy atom. The monoisotopic (exact) mass is 468 g/mol. The van der Waals surface area contributed by atoms with Gasteiger partial charge in [-0.1, -0.05) is 61.7 Å². The summed E-state index contributed by atoms with van der Waals surface area (Å²) in [4.78, 5) is 35.0. The van der Waals surface area contributed by atoms with Crippen molar-refractivity contribution in [2.45, 2.75) is 38.8 Å². The minimum atomic E-state index is -0.719. The topological polar surface area (TPSA) is 79.8 Å². The van der Waals surface area contributed by atoms with Crippen LogP contribution in [0.1, 0.15) is 43.7 Å². The number of nitrogens with one attached hydrogen (secondary N) is 2. The van der Waals surface area contributed by atoms with Gasteiger partial charge in [0.1, 0.15) is 11.9 Å². The van der Waals surface area contributed by atoms with E-state index in [2.05, 4.69) is 17.2 Å². The summed E-state index contributed by atoms with van der Waals surface area (Å²) in [6, 6.07) is 9.97. The van der Waals surface area contributed by atoms with E-state index in [9.17, 15) is 9.59 Å². The van der Waals surface area contributed by atoms with Gasteiger partial charge >= 0.3 is 0 Å². The lowest BCUT2D eigenvalue weighted by atomic mass is 9.93. The number of aromatic amines is 1. The fraction of sp³-hybridized carbons (Fsp3) is 0.292. The highest BCUT2D eigenvalue weighted by Crippen LogP contribution is 2.34. The molecule has 0 saturated carbocycles. The Balaban J connectivity index is 1.73. The molecule has 1 aliphatic rings. The van der Waals surface area contributed by atoms with Crippen LogP contribution in [0.15, 0.2) is 47.4 Å². The van der Waals surface area contributed by atoms with E-state index in [0.717, 1.165) is 22.9 Å². The summed E-state index contributed by atoms with van der Waals surface area (Å²) in [6.45, 7) is 4.09. The number of halogens is 2. The molecule has 6 nitrogen and oxygen atoms in total. The zero-order chi connectivity index (χ0) is 22.6. The lowest BCUT2D eigenvalue weighted by Gasteiger charge is -2.35. The van der Waals surface area contributed by atoms with E-state index in [4.69, 9.17) is 28.2 Å². The molecule has 8 heteroatoms. The molecule has 1 aliphatic heterocycles. The number of hydrogen-bond acceptors (Lipinski definition) is 3. The molecule has 2 aromatic heterocycles. The quantitative estimate of drug-likeness (QED) is 0.432. The molecule has 0 fully saturated rings. The molecule has 0 spiro atoms. The number of rotatable bonds is 4. The number of H-pyrrole nitrogens is 1. The Hall–Kier alpha value is -2.83. The fourth-order valence-corrected chi connectivity index (χ4v) is 4.81. The molecular formula is C24H22Cl2N4O2. The Bertz CT molecular complexity index is 1430. The van der Waals surface area contributed by atoms with Crippen LogP contribution >= 0.6 is 23.2 Å². The Labute approximate surface area is 194 Å². The van der Waals surface area contributed by atoms with Crippen molar-refractivity contribution in [3.05, 3.63) is 74.4 Å². The SMILES string of the molecule is CC[C@H](C)[C@@H]1NC(=O)[C@@H](Cc2c[nH]c3ccccc23)n2c1nc1cc(Cl)c(Cl)cc1c2=O. The van der Waals surface area contributed by atoms with Gasteiger partial charge in [-0.25, -0.2) is 4.98 Å². The average Bonchev–Trinajstić information content (AvgIpc) is 3.19. The van der Waals surface area contributed by atoms with Gasteiger partial charge < -0.3 is 10.3 Å². The number of aromatic nitrogens is 3. The van der Waals surface area contributed by atoms with E-state index in [-0.39, 0.29) is 28.4 Å².